The highest BCUT2D eigenvalue weighted by Gasteiger charge is 2.40. The van der Waals surface area contributed by atoms with E-state index in [9.17, 15) is 4.79 Å². The Morgan fingerprint density at radius 1 is 1.04 bits per heavy atom. The lowest BCUT2D eigenvalue weighted by molar-refractivity contribution is -0.134. The molecule has 2 aliphatic carbocycles. The smallest absolute Gasteiger partial charge is 0.223 e. The molecule has 2 heterocycles. The zero-order chi connectivity index (χ0) is 15.6. The highest BCUT2D eigenvalue weighted by molar-refractivity contribution is 5.76. The molecule has 4 heteroatoms. The number of carbonyl (C=O) groups is 1. The van der Waals surface area contributed by atoms with E-state index in [-0.39, 0.29) is 5.91 Å². The first-order valence-electron chi connectivity index (χ1n) is 8.60. The maximum Gasteiger partial charge on any atom is 0.223 e. The van der Waals surface area contributed by atoms with Gasteiger partial charge in [-0.2, -0.15) is 0 Å². The van der Waals surface area contributed by atoms with E-state index in [1.165, 1.54) is 25.7 Å². The summed E-state index contributed by atoms with van der Waals surface area (Å²) in [5.41, 5.74) is 0. The topological polar surface area (TPSA) is 46.6 Å². The van der Waals surface area contributed by atoms with E-state index in [0.29, 0.717) is 25.4 Å². The first kappa shape index (κ1) is 14.6. The lowest BCUT2D eigenvalue weighted by atomic mass is 9.86. The van der Waals surface area contributed by atoms with Gasteiger partial charge in [0.15, 0.2) is 0 Å². The molecule has 2 aromatic heterocycles. The average Bonchev–Trinajstić information content (AvgIpc) is 3.32. The molecular formula is C19H23NO3. The Labute approximate surface area is 136 Å². The molecular weight excluding hydrogens is 290 g/mol. The molecule has 2 bridgehead atoms. The fourth-order valence-corrected chi connectivity index (χ4v) is 4.39. The summed E-state index contributed by atoms with van der Waals surface area (Å²) in [5.74, 6) is 4.09. The Morgan fingerprint density at radius 3 is 2.22 bits per heavy atom. The van der Waals surface area contributed by atoms with Crippen molar-refractivity contribution in [2.24, 2.45) is 17.8 Å². The van der Waals surface area contributed by atoms with Gasteiger partial charge in [0.25, 0.3) is 0 Å². The van der Waals surface area contributed by atoms with Crippen molar-refractivity contribution >= 4 is 5.91 Å². The minimum Gasteiger partial charge on any atom is -0.467 e. The minimum atomic E-state index is 0.218. The van der Waals surface area contributed by atoms with Gasteiger partial charge in [-0.1, -0.05) is 6.42 Å². The lowest BCUT2D eigenvalue weighted by Gasteiger charge is -2.26. The van der Waals surface area contributed by atoms with Crippen LogP contribution in [0.25, 0.3) is 0 Å². The van der Waals surface area contributed by atoms with Crippen molar-refractivity contribution in [3.63, 3.8) is 0 Å². The fourth-order valence-electron chi connectivity index (χ4n) is 4.39. The summed E-state index contributed by atoms with van der Waals surface area (Å²) >= 11 is 0. The highest BCUT2D eigenvalue weighted by atomic mass is 16.3. The third-order valence-corrected chi connectivity index (χ3v) is 5.53. The van der Waals surface area contributed by atoms with Gasteiger partial charge in [0.2, 0.25) is 5.91 Å². The van der Waals surface area contributed by atoms with Gasteiger partial charge >= 0.3 is 0 Å². The van der Waals surface area contributed by atoms with E-state index in [2.05, 4.69) is 0 Å². The summed E-state index contributed by atoms with van der Waals surface area (Å²) in [4.78, 5) is 14.7. The summed E-state index contributed by atoms with van der Waals surface area (Å²) in [6, 6.07) is 7.56. The molecule has 0 saturated heterocycles. The SMILES string of the molecule is O=C(CC1CC2CCC1C2)N(Cc1ccco1)Cc1ccco1. The van der Waals surface area contributed by atoms with Gasteiger partial charge < -0.3 is 13.7 Å². The molecule has 2 saturated carbocycles. The van der Waals surface area contributed by atoms with Crippen LogP contribution in [0.1, 0.15) is 43.6 Å². The summed E-state index contributed by atoms with van der Waals surface area (Å²) in [6.07, 6.45) is 9.25. The second-order valence-corrected chi connectivity index (χ2v) is 7.05. The third-order valence-electron chi connectivity index (χ3n) is 5.53. The van der Waals surface area contributed by atoms with Crippen LogP contribution in [0.15, 0.2) is 45.6 Å². The van der Waals surface area contributed by atoms with Crippen LogP contribution in [0.4, 0.5) is 0 Å². The fraction of sp³-hybridized carbons (Fsp3) is 0.526. The van der Waals surface area contributed by atoms with E-state index in [1.807, 2.05) is 29.2 Å². The summed E-state index contributed by atoms with van der Waals surface area (Å²) in [6.45, 7) is 1.01. The van der Waals surface area contributed by atoms with E-state index in [0.717, 1.165) is 23.4 Å². The van der Waals surface area contributed by atoms with Gasteiger partial charge in [0.1, 0.15) is 11.5 Å². The Bertz CT molecular complexity index is 595. The van der Waals surface area contributed by atoms with Crippen LogP contribution >= 0.6 is 0 Å². The maximum atomic E-state index is 12.9. The van der Waals surface area contributed by atoms with Crippen molar-refractivity contribution < 1.29 is 13.6 Å². The summed E-state index contributed by atoms with van der Waals surface area (Å²) in [7, 11) is 0. The molecule has 1 amide bonds. The van der Waals surface area contributed by atoms with E-state index < -0.39 is 0 Å². The standard InChI is InChI=1S/C19H23NO3/c21-19(11-16-10-14-5-6-15(16)9-14)20(12-17-3-1-7-22-17)13-18-4-2-8-23-18/h1-4,7-8,14-16H,5-6,9-13H2. The second-order valence-electron chi connectivity index (χ2n) is 7.05. The van der Waals surface area contributed by atoms with E-state index in [1.54, 1.807) is 12.5 Å². The first-order chi connectivity index (χ1) is 11.3. The Morgan fingerprint density at radius 2 is 1.74 bits per heavy atom. The second kappa shape index (κ2) is 6.26. The molecule has 2 aromatic rings. The molecule has 23 heavy (non-hydrogen) atoms. The molecule has 0 aromatic carbocycles. The number of hydrogen-bond donors (Lipinski definition) is 0. The number of hydrogen-bond acceptors (Lipinski definition) is 3. The molecule has 2 fully saturated rings. The quantitative estimate of drug-likeness (QED) is 0.802. The molecule has 4 rings (SSSR count). The van der Waals surface area contributed by atoms with Crippen molar-refractivity contribution in [1.29, 1.82) is 0 Å². The van der Waals surface area contributed by atoms with Gasteiger partial charge in [-0.3, -0.25) is 4.79 Å². The number of nitrogens with zero attached hydrogens (tertiary/aromatic N) is 1. The zero-order valence-electron chi connectivity index (χ0n) is 13.3. The molecule has 4 nitrogen and oxygen atoms in total. The monoisotopic (exact) mass is 313 g/mol. The maximum absolute atomic E-state index is 12.9. The summed E-state index contributed by atoms with van der Waals surface area (Å²) < 4.78 is 10.9. The van der Waals surface area contributed by atoms with Gasteiger partial charge in [-0.25, -0.2) is 0 Å². The first-order valence-corrected chi connectivity index (χ1v) is 8.60. The third kappa shape index (κ3) is 3.21. The number of fused-ring (bicyclic) bond motifs is 2. The van der Waals surface area contributed by atoms with Crippen molar-refractivity contribution in [3.8, 4) is 0 Å². The zero-order valence-corrected chi connectivity index (χ0v) is 13.3. The Kier molecular flexibility index (Phi) is 3.98. The van der Waals surface area contributed by atoms with Crippen molar-refractivity contribution in [2.45, 2.75) is 45.2 Å². The van der Waals surface area contributed by atoms with E-state index >= 15 is 0 Å². The molecule has 0 N–H and O–H groups in total. The Hall–Kier alpha value is -1.97. The number of amides is 1. The predicted octanol–water partition coefficient (Wildman–Crippen LogP) is 4.23. The van der Waals surface area contributed by atoms with Crippen LogP contribution in [0.2, 0.25) is 0 Å². The predicted molar refractivity (Wildman–Crippen MR) is 85.2 cm³/mol. The molecule has 3 unspecified atom stereocenters. The van der Waals surface area contributed by atoms with Crippen LogP contribution in [0.5, 0.6) is 0 Å². The van der Waals surface area contributed by atoms with Gasteiger partial charge in [-0.05, 0) is 61.3 Å². The van der Waals surface area contributed by atoms with Crippen LogP contribution in [0.3, 0.4) is 0 Å². The molecule has 3 atom stereocenters. The van der Waals surface area contributed by atoms with Crippen molar-refractivity contribution in [3.05, 3.63) is 48.3 Å². The van der Waals surface area contributed by atoms with Crippen LogP contribution < -0.4 is 0 Å². The number of carbonyl (C=O) groups excluding carboxylic acids is 1. The van der Waals surface area contributed by atoms with Gasteiger partial charge in [0.05, 0.1) is 25.6 Å². The molecule has 0 spiro atoms. The molecule has 2 aliphatic rings. The lowest BCUT2D eigenvalue weighted by Crippen LogP contribution is -2.32. The molecule has 0 aliphatic heterocycles. The van der Waals surface area contributed by atoms with Crippen LogP contribution in [-0.4, -0.2) is 10.8 Å². The van der Waals surface area contributed by atoms with Gasteiger partial charge in [-0.15, -0.1) is 0 Å². The average molecular weight is 313 g/mol. The van der Waals surface area contributed by atoms with Crippen LogP contribution in [-0.2, 0) is 17.9 Å². The van der Waals surface area contributed by atoms with E-state index in [4.69, 9.17) is 8.83 Å². The largest absolute Gasteiger partial charge is 0.467 e. The Balaban J connectivity index is 1.43. The number of rotatable bonds is 6. The van der Waals surface area contributed by atoms with Crippen molar-refractivity contribution in [1.82, 2.24) is 4.90 Å². The number of furan rings is 2. The van der Waals surface area contributed by atoms with Crippen molar-refractivity contribution in [2.75, 3.05) is 0 Å². The van der Waals surface area contributed by atoms with Gasteiger partial charge in [0, 0.05) is 6.42 Å². The molecule has 122 valence electrons. The highest BCUT2D eigenvalue weighted by Crippen LogP contribution is 2.49. The molecule has 0 radical (unpaired) electrons. The van der Waals surface area contributed by atoms with Crippen LogP contribution in [0, 0.1) is 17.8 Å². The summed E-state index contributed by atoms with van der Waals surface area (Å²) in [5, 5.41) is 0. The normalized spacial score (nSPS) is 25.8. The minimum absolute atomic E-state index is 0.218.